The minimum Gasteiger partial charge on any atom is -0.343 e. The van der Waals surface area contributed by atoms with Crippen molar-refractivity contribution in [1.82, 2.24) is 0 Å². The van der Waals surface area contributed by atoms with Crippen LogP contribution in [0.4, 0.5) is 5.69 Å². The summed E-state index contributed by atoms with van der Waals surface area (Å²) in [4.78, 5) is 4.38. The Morgan fingerprint density at radius 2 is 1.94 bits per heavy atom. The van der Waals surface area contributed by atoms with Gasteiger partial charge in [-0.25, -0.2) is 0 Å². The summed E-state index contributed by atoms with van der Waals surface area (Å²) in [7, 11) is 0. The van der Waals surface area contributed by atoms with Gasteiger partial charge in [0.15, 0.2) is 0 Å². The number of hydrogen-bond acceptors (Lipinski definition) is 3. The highest BCUT2D eigenvalue weighted by molar-refractivity contribution is 6.01. The molecule has 0 bridgehead atoms. The first kappa shape index (κ1) is 9.36. The van der Waals surface area contributed by atoms with Gasteiger partial charge in [-0.05, 0) is 28.5 Å². The van der Waals surface area contributed by atoms with Crippen LogP contribution in [-0.4, -0.2) is 12.4 Å². The quantitative estimate of drug-likeness (QED) is 0.759. The van der Waals surface area contributed by atoms with Crippen LogP contribution in [-0.2, 0) is 6.54 Å². The van der Waals surface area contributed by atoms with Crippen LogP contribution in [0.5, 0.6) is 0 Å². The molecule has 0 spiro atoms. The highest BCUT2D eigenvalue weighted by atomic mass is 15.0. The minimum atomic E-state index is 0.465. The lowest BCUT2D eigenvalue weighted by Crippen LogP contribution is -2.25. The SMILES string of the molecule is NCC1=NCc2cc3ccccc3cc2N1. The van der Waals surface area contributed by atoms with E-state index < -0.39 is 0 Å². The summed E-state index contributed by atoms with van der Waals surface area (Å²) in [6, 6.07) is 12.7. The number of rotatable bonds is 1. The number of amidine groups is 1. The maximum Gasteiger partial charge on any atom is 0.115 e. The fourth-order valence-corrected chi connectivity index (χ4v) is 2.03. The Morgan fingerprint density at radius 1 is 1.19 bits per heavy atom. The van der Waals surface area contributed by atoms with E-state index in [1.165, 1.54) is 16.3 Å². The number of aliphatic imine (C=N–C) groups is 1. The van der Waals surface area contributed by atoms with E-state index in [-0.39, 0.29) is 0 Å². The van der Waals surface area contributed by atoms with Crippen LogP contribution in [0.3, 0.4) is 0 Å². The van der Waals surface area contributed by atoms with Gasteiger partial charge >= 0.3 is 0 Å². The molecular formula is C13H13N3. The van der Waals surface area contributed by atoms with Crippen molar-refractivity contribution in [3.8, 4) is 0 Å². The molecule has 3 nitrogen and oxygen atoms in total. The molecule has 3 rings (SSSR count). The van der Waals surface area contributed by atoms with Crippen LogP contribution in [0.1, 0.15) is 5.56 Å². The molecule has 1 aliphatic rings. The molecule has 3 N–H and O–H groups in total. The van der Waals surface area contributed by atoms with E-state index in [1.807, 2.05) is 0 Å². The lowest BCUT2D eigenvalue weighted by Gasteiger charge is -2.18. The van der Waals surface area contributed by atoms with E-state index >= 15 is 0 Å². The Bertz CT molecular complexity index is 572. The van der Waals surface area contributed by atoms with Gasteiger partial charge in [-0.15, -0.1) is 0 Å². The van der Waals surface area contributed by atoms with Gasteiger partial charge in [-0.2, -0.15) is 0 Å². The molecule has 0 aromatic heterocycles. The third kappa shape index (κ3) is 1.46. The summed E-state index contributed by atoms with van der Waals surface area (Å²) >= 11 is 0. The number of nitrogens with zero attached hydrogens (tertiary/aromatic N) is 1. The summed E-state index contributed by atoms with van der Waals surface area (Å²) in [5.41, 5.74) is 7.95. The molecule has 0 saturated heterocycles. The van der Waals surface area contributed by atoms with Crippen LogP contribution >= 0.6 is 0 Å². The summed E-state index contributed by atoms with van der Waals surface area (Å²) in [6.07, 6.45) is 0. The number of benzene rings is 2. The first-order valence-electron chi connectivity index (χ1n) is 5.39. The van der Waals surface area contributed by atoms with Crippen LogP contribution in [0.15, 0.2) is 41.4 Å². The zero-order valence-electron chi connectivity index (χ0n) is 8.90. The number of fused-ring (bicyclic) bond motifs is 2. The van der Waals surface area contributed by atoms with E-state index in [1.54, 1.807) is 0 Å². The van der Waals surface area contributed by atoms with Crippen molar-refractivity contribution in [1.29, 1.82) is 0 Å². The predicted octanol–water partition coefficient (Wildman–Crippen LogP) is 2.12. The van der Waals surface area contributed by atoms with Crippen molar-refractivity contribution >= 4 is 22.3 Å². The van der Waals surface area contributed by atoms with E-state index in [2.05, 4.69) is 46.7 Å². The van der Waals surface area contributed by atoms with Crippen LogP contribution in [0.2, 0.25) is 0 Å². The fraction of sp³-hybridized carbons (Fsp3) is 0.154. The second-order valence-electron chi connectivity index (χ2n) is 3.95. The van der Waals surface area contributed by atoms with Gasteiger partial charge in [0.25, 0.3) is 0 Å². The largest absolute Gasteiger partial charge is 0.343 e. The molecule has 0 atom stereocenters. The van der Waals surface area contributed by atoms with Crippen molar-refractivity contribution in [3.05, 3.63) is 42.0 Å². The topological polar surface area (TPSA) is 50.4 Å². The van der Waals surface area contributed by atoms with Crippen LogP contribution < -0.4 is 11.1 Å². The highest BCUT2D eigenvalue weighted by Gasteiger charge is 2.10. The van der Waals surface area contributed by atoms with Crippen LogP contribution in [0, 0.1) is 0 Å². The molecule has 0 aliphatic carbocycles. The summed E-state index contributed by atoms with van der Waals surface area (Å²) < 4.78 is 0. The van der Waals surface area contributed by atoms with E-state index in [0.29, 0.717) is 6.54 Å². The van der Waals surface area contributed by atoms with Crippen molar-refractivity contribution < 1.29 is 0 Å². The molecule has 1 aliphatic heterocycles. The summed E-state index contributed by atoms with van der Waals surface area (Å²) in [6.45, 7) is 1.19. The molecule has 0 amide bonds. The number of anilines is 1. The normalized spacial score (nSPS) is 14.2. The highest BCUT2D eigenvalue weighted by Crippen LogP contribution is 2.26. The molecule has 0 fully saturated rings. The Labute approximate surface area is 94.0 Å². The molecule has 0 radical (unpaired) electrons. The number of nitrogens with one attached hydrogen (secondary N) is 1. The third-order valence-corrected chi connectivity index (χ3v) is 2.88. The van der Waals surface area contributed by atoms with E-state index in [4.69, 9.17) is 5.73 Å². The smallest absolute Gasteiger partial charge is 0.115 e. The number of nitrogens with two attached hydrogens (primary N) is 1. The van der Waals surface area contributed by atoms with Crippen molar-refractivity contribution in [2.45, 2.75) is 6.54 Å². The zero-order chi connectivity index (χ0) is 11.0. The van der Waals surface area contributed by atoms with E-state index in [0.717, 1.165) is 18.1 Å². The second-order valence-corrected chi connectivity index (χ2v) is 3.95. The molecule has 80 valence electrons. The molecular weight excluding hydrogens is 198 g/mol. The molecule has 3 heteroatoms. The molecule has 2 aromatic carbocycles. The van der Waals surface area contributed by atoms with Gasteiger partial charge in [-0.3, -0.25) is 4.99 Å². The molecule has 2 aromatic rings. The third-order valence-electron chi connectivity index (χ3n) is 2.88. The number of hydrogen-bond donors (Lipinski definition) is 2. The monoisotopic (exact) mass is 211 g/mol. The Hall–Kier alpha value is -1.87. The first-order chi connectivity index (χ1) is 7.86. The Morgan fingerprint density at radius 3 is 2.69 bits per heavy atom. The van der Waals surface area contributed by atoms with Crippen molar-refractivity contribution in [2.24, 2.45) is 10.7 Å². The van der Waals surface area contributed by atoms with Gasteiger partial charge < -0.3 is 11.1 Å². The van der Waals surface area contributed by atoms with Gasteiger partial charge in [0.05, 0.1) is 13.1 Å². The predicted molar refractivity (Wildman–Crippen MR) is 67.8 cm³/mol. The molecule has 1 heterocycles. The fourth-order valence-electron chi connectivity index (χ4n) is 2.03. The average molecular weight is 211 g/mol. The molecule has 0 unspecified atom stereocenters. The summed E-state index contributed by atoms with van der Waals surface area (Å²) in [5.74, 6) is 0.864. The Kier molecular flexibility index (Phi) is 2.11. The maximum atomic E-state index is 5.58. The molecule has 16 heavy (non-hydrogen) atoms. The minimum absolute atomic E-state index is 0.465. The Balaban J connectivity index is 2.14. The second kappa shape index (κ2) is 3.61. The maximum absolute atomic E-state index is 5.58. The lowest BCUT2D eigenvalue weighted by atomic mass is 10.0. The first-order valence-corrected chi connectivity index (χ1v) is 5.39. The van der Waals surface area contributed by atoms with Crippen LogP contribution in [0.25, 0.3) is 10.8 Å². The van der Waals surface area contributed by atoms with Gasteiger partial charge in [-0.1, -0.05) is 24.3 Å². The van der Waals surface area contributed by atoms with Gasteiger partial charge in [0, 0.05) is 5.69 Å². The lowest BCUT2D eigenvalue weighted by molar-refractivity contribution is 1.03. The van der Waals surface area contributed by atoms with Gasteiger partial charge in [0.1, 0.15) is 5.84 Å². The summed E-state index contributed by atoms with van der Waals surface area (Å²) in [5, 5.41) is 5.77. The van der Waals surface area contributed by atoms with Crippen molar-refractivity contribution in [2.75, 3.05) is 11.9 Å². The van der Waals surface area contributed by atoms with Crippen molar-refractivity contribution in [3.63, 3.8) is 0 Å². The molecule has 0 saturated carbocycles. The zero-order valence-corrected chi connectivity index (χ0v) is 8.90. The standard InChI is InChI=1S/C13H13N3/c14-7-13-15-8-11-5-9-3-1-2-4-10(9)6-12(11)16-13/h1-6H,7-8,14H2,(H,15,16). The van der Waals surface area contributed by atoms with Gasteiger partial charge in [0.2, 0.25) is 0 Å². The average Bonchev–Trinajstić information content (AvgIpc) is 2.35. The van der Waals surface area contributed by atoms with E-state index in [9.17, 15) is 0 Å².